The summed E-state index contributed by atoms with van der Waals surface area (Å²) in [5, 5.41) is 0. The molecule has 1 heterocycles. The van der Waals surface area contributed by atoms with Crippen molar-refractivity contribution in [3.8, 4) is 0 Å². The van der Waals surface area contributed by atoms with Crippen LogP contribution < -0.4 is 0 Å². The van der Waals surface area contributed by atoms with E-state index in [0.29, 0.717) is 0 Å². The van der Waals surface area contributed by atoms with Crippen LogP contribution in [0.15, 0.2) is 0 Å². The zero-order valence-electron chi connectivity index (χ0n) is 10.8. The monoisotopic (exact) mass is 298 g/mol. The van der Waals surface area contributed by atoms with Crippen molar-refractivity contribution in [3.05, 3.63) is 0 Å². The fourth-order valence-corrected chi connectivity index (χ4v) is 12.1. The quantitative estimate of drug-likeness (QED) is 0.735. The third kappa shape index (κ3) is 3.93. The van der Waals surface area contributed by atoms with Crippen LogP contribution in [0, 0.1) is 0 Å². The lowest BCUT2D eigenvalue weighted by atomic mass is 10.5. The van der Waals surface area contributed by atoms with Crippen LogP contribution in [-0.4, -0.2) is 46.9 Å². The highest BCUT2D eigenvalue weighted by atomic mass is 32.8. The van der Waals surface area contributed by atoms with Gasteiger partial charge in [-0.25, -0.2) is 8.15 Å². The molecule has 2 nitrogen and oxygen atoms in total. The molecule has 0 aromatic carbocycles. The van der Waals surface area contributed by atoms with Crippen molar-refractivity contribution in [1.82, 2.24) is 8.15 Å². The molecule has 0 N–H and O–H groups in total. The van der Waals surface area contributed by atoms with Gasteiger partial charge in [0.05, 0.1) is 0 Å². The summed E-state index contributed by atoms with van der Waals surface area (Å²) >= 11 is 5.82. The van der Waals surface area contributed by atoms with Crippen LogP contribution in [0.4, 0.5) is 0 Å². The normalized spacial score (nSPS) is 33.9. The van der Waals surface area contributed by atoms with Crippen molar-refractivity contribution < 1.29 is 0 Å². The van der Waals surface area contributed by atoms with Crippen molar-refractivity contribution in [1.29, 1.82) is 0 Å². The summed E-state index contributed by atoms with van der Waals surface area (Å²) in [6.07, 6.45) is 5.23. The van der Waals surface area contributed by atoms with Gasteiger partial charge in [-0.2, -0.15) is 0 Å². The Balaban J connectivity index is 2.79. The molecule has 0 bridgehead atoms. The molecule has 1 rings (SSSR count). The van der Waals surface area contributed by atoms with Gasteiger partial charge in [-0.3, -0.25) is 0 Å². The minimum Gasteiger partial charge on any atom is -0.213 e. The van der Waals surface area contributed by atoms with Crippen LogP contribution in [0.5, 0.6) is 0 Å². The van der Waals surface area contributed by atoms with E-state index in [9.17, 15) is 0 Å². The van der Waals surface area contributed by atoms with Crippen LogP contribution in [0.3, 0.4) is 0 Å². The van der Waals surface area contributed by atoms with Crippen molar-refractivity contribution in [2.24, 2.45) is 0 Å². The molecule has 96 valence electrons. The van der Waals surface area contributed by atoms with Crippen molar-refractivity contribution in [2.45, 2.75) is 26.7 Å². The van der Waals surface area contributed by atoms with Crippen molar-refractivity contribution in [3.63, 3.8) is 0 Å². The molecule has 0 saturated carbocycles. The maximum Gasteiger partial charge on any atom is 0.0291 e. The van der Waals surface area contributed by atoms with Gasteiger partial charge in [-0.05, 0) is 65.8 Å². The fourth-order valence-electron chi connectivity index (χ4n) is 1.74. The summed E-state index contributed by atoms with van der Waals surface area (Å²) in [4.78, 5) is 0. The maximum absolute atomic E-state index is 5.82. The first kappa shape index (κ1) is 15.4. The molecule has 0 aromatic heterocycles. The van der Waals surface area contributed by atoms with E-state index in [0.717, 1.165) is 0 Å². The first-order valence-electron chi connectivity index (χ1n) is 6.01. The van der Waals surface area contributed by atoms with Gasteiger partial charge >= 0.3 is 0 Å². The summed E-state index contributed by atoms with van der Waals surface area (Å²) in [5.74, 6) is 0. The summed E-state index contributed by atoms with van der Waals surface area (Å²) < 4.78 is 5.23. The topological polar surface area (TPSA) is 6.48 Å². The Morgan fingerprint density at radius 3 is 1.69 bits per heavy atom. The Kier molecular flexibility index (Phi) is 7.43. The Labute approximate surface area is 111 Å². The zero-order valence-corrected chi connectivity index (χ0v) is 14.3. The number of rotatable bonds is 4. The highest BCUT2D eigenvalue weighted by Gasteiger charge is 2.28. The molecule has 2 unspecified atom stereocenters. The number of nitrogens with zero attached hydrogens (tertiary/aromatic N) is 2. The molecule has 0 aliphatic carbocycles. The lowest BCUT2D eigenvalue weighted by molar-refractivity contribution is 0.631. The van der Waals surface area contributed by atoms with E-state index >= 15 is 0 Å². The van der Waals surface area contributed by atoms with Crippen LogP contribution >= 0.6 is 16.1 Å². The Morgan fingerprint density at radius 1 is 1.00 bits per heavy atom. The third-order valence-corrected chi connectivity index (χ3v) is 12.1. The van der Waals surface area contributed by atoms with Crippen LogP contribution in [0.1, 0.15) is 26.7 Å². The van der Waals surface area contributed by atoms with Crippen molar-refractivity contribution >= 4 is 37.2 Å². The van der Waals surface area contributed by atoms with Gasteiger partial charge in [0.1, 0.15) is 0 Å². The van der Waals surface area contributed by atoms with Gasteiger partial charge in [-0.15, -0.1) is 0 Å². The second-order valence-corrected chi connectivity index (χ2v) is 11.4. The summed E-state index contributed by atoms with van der Waals surface area (Å²) in [6, 6.07) is 0. The summed E-state index contributed by atoms with van der Waals surface area (Å²) in [5.41, 5.74) is 0. The van der Waals surface area contributed by atoms with E-state index < -0.39 is 0 Å². The fraction of sp³-hybridized carbons (Fsp3) is 1.00. The first-order chi connectivity index (χ1) is 7.61. The molecule has 0 spiro atoms. The smallest absolute Gasteiger partial charge is 0.0291 e. The predicted molar refractivity (Wildman–Crippen MR) is 84.1 cm³/mol. The predicted octanol–water partition coefficient (Wildman–Crippen LogP) is 3.39. The van der Waals surface area contributed by atoms with E-state index in [4.69, 9.17) is 11.2 Å². The van der Waals surface area contributed by atoms with Gasteiger partial charge in [0, 0.05) is 22.9 Å². The minimum absolute atomic E-state index is 0.0252. The molecule has 0 radical (unpaired) electrons. The minimum atomic E-state index is -0.0355. The molecule has 0 amide bonds. The lowest BCUT2D eigenvalue weighted by Gasteiger charge is -2.33. The van der Waals surface area contributed by atoms with E-state index in [1.54, 1.807) is 0 Å². The van der Waals surface area contributed by atoms with Crippen LogP contribution in [-0.2, 0) is 21.0 Å². The Bertz CT molecular complexity index is 219. The molecular weight excluding hydrogens is 274 g/mol. The van der Waals surface area contributed by atoms with E-state index in [1.807, 2.05) is 0 Å². The lowest BCUT2D eigenvalue weighted by Crippen LogP contribution is -2.31. The van der Waals surface area contributed by atoms with Crippen molar-refractivity contribution in [2.75, 3.05) is 38.7 Å². The largest absolute Gasteiger partial charge is 0.213 e. The molecule has 1 aliphatic rings. The highest BCUT2D eigenvalue weighted by molar-refractivity contribution is 8.29. The Hall–Kier alpha value is 1.35. The molecule has 1 fully saturated rings. The molecular formula is C10H24N2P2S2. The number of hydrogen-bond donors (Lipinski definition) is 0. The summed E-state index contributed by atoms with van der Waals surface area (Å²) in [6.45, 7) is 11.7. The van der Waals surface area contributed by atoms with Gasteiger partial charge in [0.15, 0.2) is 0 Å². The zero-order chi connectivity index (χ0) is 12.1. The molecule has 1 saturated heterocycles. The molecule has 6 heteroatoms. The molecule has 0 aromatic rings. The SMILES string of the molecule is CCCN1P(C)CCP(C)N(CCC)S1=S. The molecule has 2 atom stereocenters. The maximum atomic E-state index is 5.82. The van der Waals surface area contributed by atoms with E-state index in [2.05, 4.69) is 35.3 Å². The molecule has 1 aliphatic heterocycles. The average Bonchev–Trinajstić information content (AvgIpc) is 2.36. The van der Waals surface area contributed by atoms with Gasteiger partial charge in [0.2, 0.25) is 0 Å². The third-order valence-electron chi connectivity index (χ3n) is 2.70. The highest BCUT2D eigenvalue weighted by Crippen LogP contribution is 2.50. The van der Waals surface area contributed by atoms with E-state index in [-0.39, 0.29) is 26.0 Å². The first-order valence-corrected chi connectivity index (χ1v) is 11.9. The standard InChI is InChI=1S/C10H24N2P2S2/c1-5-7-11-13(3)9-10-14(4)12(8-6-2)16(11)15/h5-10H2,1-4H3. The second kappa shape index (κ2) is 7.71. The van der Waals surface area contributed by atoms with Crippen LogP contribution in [0.25, 0.3) is 0 Å². The second-order valence-electron chi connectivity index (χ2n) is 4.14. The average molecular weight is 298 g/mol. The van der Waals surface area contributed by atoms with Gasteiger partial charge < -0.3 is 0 Å². The van der Waals surface area contributed by atoms with Crippen LogP contribution in [0.2, 0.25) is 0 Å². The van der Waals surface area contributed by atoms with Gasteiger partial charge in [0.25, 0.3) is 0 Å². The molecule has 16 heavy (non-hydrogen) atoms. The number of hydrogen-bond acceptors (Lipinski definition) is 1. The summed E-state index contributed by atoms with van der Waals surface area (Å²) in [7, 11) is 0.0148. The Morgan fingerprint density at radius 2 is 1.38 bits per heavy atom. The van der Waals surface area contributed by atoms with E-state index in [1.165, 1.54) is 38.3 Å². The van der Waals surface area contributed by atoms with Gasteiger partial charge in [-0.1, -0.05) is 13.8 Å².